The van der Waals surface area contributed by atoms with Crippen LogP contribution in [0.1, 0.15) is 39.0 Å². The number of nitrogens with one attached hydrogen (secondary N) is 1. The molecule has 19 heavy (non-hydrogen) atoms. The quantitative estimate of drug-likeness (QED) is 0.729. The predicted octanol–water partition coefficient (Wildman–Crippen LogP) is 5.38. The maximum absolute atomic E-state index is 12.2. The van der Waals surface area contributed by atoms with Gasteiger partial charge in [0.2, 0.25) is 0 Å². The first kappa shape index (κ1) is 14.6. The summed E-state index contributed by atoms with van der Waals surface area (Å²) in [5, 5.41) is 3.53. The molecule has 2 unspecified atom stereocenters. The van der Waals surface area contributed by atoms with Gasteiger partial charge in [-0.05, 0) is 43.0 Å². The molecule has 1 nitrogen and oxygen atoms in total. The number of alkyl halides is 2. The van der Waals surface area contributed by atoms with Crippen molar-refractivity contribution in [3.8, 4) is 0 Å². The molecule has 0 spiro atoms. The maximum Gasteiger partial charge on any atom is 0.288 e. The molecule has 4 heteroatoms. The molecule has 1 saturated carbocycles. The third-order valence-electron chi connectivity index (χ3n) is 3.81. The first-order valence-electron chi connectivity index (χ1n) is 6.98. The first-order valence-corrected chi connectivity index (χ1v) is 7.86. The second-order valence-corrected chi connectivity index (χ2v) is 6.25. The highest BCUT2D eigenvalue weighted by molar-refractivity contribution is 7.99. The van der Waals surface area contributed by atoms with Crippen molar-refractivity contribution in [3.05, 3.63) is 24.3 Å². The lowest BCUT2D eigenvalue weighted by molar-refractivity contribution is 0.252. The first-order chi connectivity index (χ1) is 9.17. The Morgan fingerprint density at radius 1 is 1.26 bits per heavy atom. The van der Waals surface area contributed by atoms with Crippen molar-refractivity contribution in [2.24, 2.45) is 5.92 Å². The smallest absolute Gasteiger partial charge is 0.288 e. The summed E-state index contributed by atoms with van der Waals surface area (Å²) in [6.45, 7) is 2.25. The molecule has 1 aliphatic rings. The lowest BCUT2D eigenvalue weighted by Crippen LogP contribution is -2.26. The van der Waals surface area contributed by atoms with Gasteiger partial charge in [0.25, 0.3) is 5.76 Å². The summed E-state index contributed by atoms with van der Waals surface area (Å²) in [6, 6.07) is 7.87. The van der Waals surface area contributed by atoms with Gasteiger partial charge in [0.1, 0.15) is 0 Å². The normalized spacial score (nSPS) is 23.6. The molecule has 0 heterocycles. The minimum absolute atomic E-state index is 0.535. The molecule has 0 aliphatic heterocycles. The van der Waals surface area contributed by atoms with Gasteiger partial charge < -0.3 is 5.32 Å². The molecule has 2 rings (SSSR count). The molecule has 0 amide bonds. The highest BCUT2D eigenvalue weighted by atomic mass is 32.2. The molecule has 1 aromatic carbocycles. The van der Waals surface area contributed by atoms with E-state index in [1.54, 1.807) is 12.1 Å². The van der Waals surface area contributed by atoms with E-state index in [2.05, 4.69) is 12.2 Å². The van der Waals surface area contributed by atoms with Crippen LogP contribution >= 0.6 is 11.8 Å². The second-order valence-electron chi connectivity index (χ2n) is 5.19. The van der Waals surface area contributed by atoms with Crippen molar-refractivity contribution in [3.63, 3.8) is 0 Å². The van der Waals surface area contributed by atoms with Gasteiger partial charge in [0.05, 0.1) is 0 Å². The third-order valence-corrected chi connectivity index (χ3v) is 4.53. The molecule has 0 aromatic heterocycles. The summed E-state index contributed by atoms with van der Waals surface area (Å²) < 4.78 is 24.4. The van der Waals surface area contributed by atoms with E-state index in [0.29, 0.717) is 22.7 Å². The zero-order chi connectivity index (χ0) is 13.7. The largest absolute Gasteiger partial charge is 0.382 e. The number of thioether (sulfide) groups is 1. The Labute approximate surface area is 118 Å². The van der Waals surface area contributed by atoms with Crippen LogP contribution in [0.5, 0.6) is 0 Å². The zero-order valence-corrected chi connectivity index (χ0v) is 12.1. The van der Waals surface area contributed by atoms with Gasteiger partial charge in [-0.25, -0.2) is 0 Å². The van der Waals surface area contributed by atoms with Crippen molar-refractivity contribution in [1.82, 2.24) is 0 Å². The summed E-state index contributed by atoms with van der Waals surface area (Å²) in [4.78, 5) is 0.621. The number of anilines is 1. The van der Waals surface area contributed by atoms with Gasteiger partial charge in [-0.3, -0.25) is 0 Å². The SMILES string of the molecule is CCC1CCCC(Nc2ccc(SC(F)F)cc2)C1. The summed E-state index contributed by atoms with van der Waals surface area (Å²) in [6.07, 6.45) is 6.32. The number of hydrogen-bond acceptors (Lipinski definition) is 2. The fraction of sp³-hybridized carbons (Fsp3) is 0.600. The van der Waals surface area contributed by atoms with Crippen LogP contribution in [0.25, 0.3) is 0 Å². The molecular formula is C15H21F2NS. The van der Waals surface area contributed by atoms with Crippen molar-refractivity contribution in [2.45, 2.75) is 55.7 Å². The molecule has 1 fully saturated rings. The summed E-state index contributed by atoms with van der Waals surface area (Å²) in [5.41, 5.74) is 1.04. The average Bonchev–Trinajstić information content (AvgIpc) is 2.41. The van der Waals surface area contributed by atoms with E-state index >= 15 is 0 Å². The van der Waals surface area contributed by atoms with Gasteiger partial charge in [-0.2, -0.15) is 8.78 Å². The van der Waals surface area contributed by atoms with Crippen molar-refractivity contribution >= 4 is 17.4 Å². The van der Waals surface area contributed by atoms with Crippen molar-refractivity contribution in [1.29, 1.82) is 0 Å². The van der Waals surface area contributed by atoms with Crippen LogP contribution in [-0.2, 0) is 0 Å². The molecule has 0 radical (unpaired) electrons. The Kier molecular flexibility index (Phi) is 5.49. The molecule has 0 saturated heterocycles. The summed E-state index contributed by atoms with van der Waals surface area (Å²) in [7, 11) is 0. The predicted molar refractivity (Wildman–Crippen MR) is 78.0 cm³/mol. The van der Waals surface area contributed by atoms with Crippen LogP contribution in [0.4, 0.5) is 14.5 Å². The van der Waals surface area contributed by atoms with E-state index in [9.17, 15) is 8.78 Å². The Morgan fingerprint density at radius 3 is 2.63 bits per heavy atom. The zero-order valence-electron chi connectivity index (χ0n) is 11.2. The fourth-order valence-electron chi connectivity index (χ4n) is 2.76. The number of benzene rings is 1. The summed E-state index contributed by atoms with van der Waals surface area (Å²) >= 11 is 0.596. The van der Waals surface area contributed by atoms with Crippen LogP contribution in [-0.4, -0.2) is 11.8 Å². The van der Waals surface area contributed by atoms with E-state index in [-0.39, 0.29) is 0 Å². The van der Waals surface area contributed by atoms with Crippen molar-refractivity contribution in [2.75, 3.05) is 5.32 Å². The Balaban J connectivity index is 1.88. The molecule has 0 bridgehead atoms. The molecule has 1 aromatic rings. The van der Waals surface area contributed by atoms with Crippen LogP contribution in [0.3, 0.4) is 0 Å². The number of hydrogen-bond donors (Lipinski definition) is 1. The molecule has 1 N–H and O–H groups in total. The highest BCUT2D eigenvalue weighted by Crippen LogP contribution is 2.30. The van der Waals surface area contributed by atoms with E-state index in [4.69, 9.17) is 0 Å². The van der Waals surface area contributed by atoms with Gasteiger partial charge in [0.15, 0.2) is 0 Å². The van der Waals surface area contributed by atoms with E-state index in [1.165, 1.54) is 32.1 Å². The number of halogens is 2. The maximum atomic E-state index is 12.2. The lowest BCUT2D eigenvalue weighted by atomic mass is 9.84. The fourth-order valence-corrected chi connectivity index (χ4v) is 3.26. The molecular weight excluding hydrogens is 264 g/mol. The third kappa shape index (κ3) is 4.68. The van der Waals surface area contributed by atoms with Crippen LogP contribution in [0, 0.1) is 5.92 Å². The summed E-state index contributed by atoms with van der Waals surface area (Å²) in [5.74, 6) is -1.51. The van der Waals surface area contributed by atoms with Crippen LogP contribution in [0.15, 0.2) is 29.2 Å². The Morgan fingerprint density at radius 2 is 2.00 bits per heavy atom. The van der Waals surface area contributed by atoms with Crippen LogP contribution in [0.2, 0.25) is 0 Å². The minimum atomic E-state index is -2.34. The van der Waals surface area contributed by atoms with Gasteiger partial charge >= 0.3 is 0 Å². The number of rotatable bonds is 5. The van der Waals surface area contributed by atoms with Crippen LogP contribution < -0.4 is 5.32 Å². The van der Waals surface area contributed by atoms with E-state index in [0.717, 1.165) is 11.6 Å². The second kappa shape index (κ2) is 7.13. The van der Waals surface area contributed by atoms with E-state index < -0.39 is 5.76 Å². The van der Waals surface area contributed by atoms with E-state index in [1.807, 2.05) is 12.1 Å². The van der Waals surface area contributed by atoms with Gasteiger partial charge in [-0.15, -0.1) is 0 Å². The van der Waals surface area contributed by atoms with Gasteiger partial charge in [0, 0.05) is 16.6 Å². The lowest BCUT2D eigenvalue weighted by Gasteiger charge is -2.29. The van der Waals surface area contributed by atoms with Gasteiger partial charge in [-0.1, -0.05) is 37.9 Å². The molecule has 1 aliphatic carbocycles. The Bertz CT molecular complexity index is 380. The Hall–Kier alpha value is -0.770. The molecule has 2 atom stereocenters. The van der Waals surface area contributed by atoms with Crippen molar-refractivity contribution < 1.29 is 8.78 Å². The minimum Gasteiger partial charge on any atom is -0.382 e. The standard InChI is InChI=1S/C15H21F2NS/c1-2-11-4-3-5-13(10-11)18-12-6-8-14(9-7-12)19-15(16)17/h6-9,11,13,15,18H,2-5,10H2,1H3. The molecule has 106 valence electrons. The monoisotopic (exact) mass is 285 g/mol. The highest BCUT2D eigenvalue weighted by Gasteiger charge is 2.20. The topological polar surface area (TPSA) is 12.0 Å². The average molecular weight is 285 g/mol.